The van der Waals surface area contributed by atoms with Gasteiger partial charge >= 0.3 is 5.97 Å². The van der Waals surface area contributed by atoms with E-state index < -0.39 is 11.5 Å². The van der Waals surface area contributed by atoms with Gasteiger partial charge in [-0.05, 0) is 32.4 Å². The Bertz CT molecular complexity index is 739. The molecule has 6 nitrogen and oxygen atoms in total. The summed E-state index contributed by atoms with van der Waals surface area (Å²) >= 11 is 0. The second-order valence-electron chi connectivity index (χ2n) is 6.66. The van der Waals surface area contributed by atoms with Crippen LogP contribution >= 0.6 is 0 Å². The first-order valence-electron chi connectivity index (χ1n) is 7.98. The lowest BCUT2D eigenvalue weighted by Crippen LogP contribution is -2.46. The molecule has 0 bridgehead atoms. The standard InChI is InChI=1S/C19H22N2O4/c1-19(2,3)21(12-15-8-5-4-6-9-15)17(22)14-25-18(23)16-10-7-11-20(24)13-16/h4-11,13H,12,14H2,1-3H3. The van der Waals surface area contributed by atoms with Crippen LogP contribution in [0.5, 0.6) is 0 Å². The molecule has 0 N–H and O–H groups in total. The second-order valence-corrected chi connectivity index (χ2v) is 6.66. The molecule has 0 unspecified atom stereocenters. The Morgan fingerprint density at radius 2 is 1.80 bits per heavy atom. The summed E-state index contributed by atoms with van der Waals surface area (Å²) in [4.78, 5) is 26.2. The highest BCUT2D eigenvalue weighted by atomic mass is 16.5. The van der Waals surface area contributed by atoms with Crippen LogP contribution in [0, 0.1) is 5.21 Å². The molecule has 0 aliphatic rings. The van der Waals surface area contributed by atoms with Gasteiger partial charge in [-0.1, -0.05) is 30.3 Å². The van der Waals surface area contributed by atoms with Crippen molar-refractivity contribution in [1.82, 2.24) is 4.90 Å². The average molecular weight is 342 g/mol. The Hall–Kier alpha value is -2.89. The number of carbonyl (C=O) groups is 2. The van der Waals surface area contributed by atoms with Gasteiger partial charge in [-0.3, -0.25) is 4.79 Å². The Morgan fingerprint density at radius 1 is 1.12 bits per heavy atom. The summed E-state index contributed by atoms with van der Waals surface area (Å²) < 4.78 is 5.59. The number of esters is 1. The number of hydrogen-bond acceptors (Lipinski definition) is 4. The number of amides is 1. The molecule has 0 fully saturated rings. The number of aromatic nitrogens is 1. The monoisotopic (exact) mass is 342 g/mol. The van der Waals surface area contributed by atoms with Crippen LogP contribution in [-0.2, 0) is 16.1 Å². The fraction of sp³-hybridized carbons (Fsp3) is 0.316. The third-order valence-electron chi connectivity index (χ3n) is 3.63. The van der Waals surface area contributed by atoms with Gasteiger partial charge in [0.05, 0.1) is 0 Å². The molecule has 2 aromatic rings. The topological polar surface area (TPSA) is 73.5 Å². The zero-order valence-electron chi connectivity index (χ0n) is 14.6. The number of nitrogens with zero attached hydrogens (tertiary/aromatic N) is 2. The summed E-state index contributed by atoms with van der Waals surface area (Å²) in [6.45, 7) is 5.82. The molecule has 1 heterocycles. The van der Waals surface area contributed by atoms with E-state index in [1.807, 2.05) is 51.1 Å². The summed E-state index contributed by atoms with van der Waals surface area (Å²) in [7, 11) is 0. The first-order valence-corrected chi connectivity index (χ1v) is 7.98. The highest BCUT2D eigenvalue weighted by Gasteiger charge is 2.27. The van der Waals surface area contributed by atoms with E-state index >= 15 is 0 Å². The quantitative estimate of drug-likeness (QED) is 0.475. The highest BCUT2D eigenvalue weighted by molar-refractivity contribution is 5.90. The van der Waals surface area contributed by atoms with Crippen LogP contribution in [0.25, 0.3) is 0 Å². The molecule has 1 aromatic heterocycles. The van der Waals surface area contributed by atoms with E-state index in [0.717, 1.165) is 11.8 Å². The number of benzene rings is 1. The molecule has 0 spiro atoms. The lowest BCUT2D eigenvalue weighted by Gasteiger charge is -2.35. The first kappa shape index (κ1) is 18.4. The van der Waals surface area contributed by atoms with Gasteiger partial charge < -0.3 is 14.8 Å². The molecule has 2 rings (SSSR count). The Morgan fingerprint density at radius 3 is 2.40 bits per heavy atom. The van der Waals surface area contributed by atoms with Crippen molar-refractivity contribution < 1.29 is 19.1 Å². The Balaban J connectivity index is 2.03. The minimum Gasteiger partial charge on any atom is -0.619 e. The highest BCUT2D eigenvalue weighted by Crippen LogP contribution is 2.18. The number of carbonyl (C=O) groups excluding carboxylic acids is 2. The average Bonchev–Trinajstić information content (AvgIpc) is 2.57. The molecule has 0 aliphatic carbocycles. The molecule has 0 saturated heterocycles. The number of hydrogen-bond donors (Lipinski definition) is 0. The van der Waals surface area contributed by atoms with Crippen molar-refractivity contribution in [3.8, 4) is 0 Å². The first-order chi connectivity index (χ1) is 11.8. The van der Waals surface area contributed by atoms with Gasteiger partial charge in [0, 0.05) is 18.2 Å². The van der Waals surface area contributed by atoms with E-state index in [1.165, 1.54) is 18.3 Å². The predicted molar refractivity (Wildman–Crippen MR) is 92.4 cm³/mol. The van der Waals surface area contributed by atoms with E-state index in [9.17, 15) is 14.8 Å². The fourth-order valence-corrected chi connectivity index (χ4v) is 2.33. The summed E-state index contributed by atoms with van der Waals surface area (Å²) in [6.07, 6.45) is 2.38. The van der Waals surface area contributed by atoms with Crippen LogP contribution in [-0.4, -0.2) is 28.9 Å². The molecule has 0 aliphatic heterocycles. The zero-order chi connectivity index (χ0) is 18.4. The number of pyridine rings is 1. The van der Waals surface area contributed by atoms with Crippen molar-refractivity contribution in [2.24, 2.45) is 0 Å². The van der Waals surface area contributed by atoms with Crippen LogP contribution in [0.2, 0.25) is 0 Å². The van der Waals surface area contributed by atoms with E-state index in [0.29, 0.717) is 11.3 Å². The summed E-state index contributed by atoms with van der Waals surface area (Å²) in [6, 6.07) is 12.5. The van der Waals surface area contributed by atoms with E-state index in [4.69, 9.17) is 4.74 Å². The van der Waals surface area contributed by atoms with Gasteiger partial charge in [0.2, 0.25) is 0 Å². The maximum absolute atomic E-state index is 12.6. The minimum absolute atomic E-state index is 0.107. The summed E-state index contributed by atoms with van der Waals surface area (Å²) in [5.41, 5.74) is 0.674. The van der Waals surface area contributed by atoms with Crippen LogP contribution in [0.15, 0.2) is 54.9 Å². The molecule has 0 saturated carbocycles. The van der Waals surface area contributed by atoms with Crippen molar-refractivity contribution in [2.45, 2.75) is 32.9 Å². The largest absolute Gasteiger partial charge is 0.619 e. The molecule has 1 aromatic carbocycles. The van der Waals surface area contributed by atoms with Gasteiger partial charge in [-0.25, -0.2) is 4.79 Å². The molecule has 0 atom stereocenters. The van der Waals surface area contributed by atoms with Gasteiger partial charge in [-0.2, -0.15) is 4.73 Å². The zero-order valence-corrected chi connectivity index (χ0v) is 14.6. The smallest absolute Gasteiger partial charge is 0.344 e. The summed E-state index contributed by atoms with van der Waals surface area (Å²) in [5, 5.41) is 11.2. The van der Waals surface area contributed by atoms with Crippen molar-refractivity contribution >= 4 is 11.9 Å². The second kappa shape index (κ2) is 7.79. The minimum atomic E-state index is -0.702. The van der Waals surface area contributed by atoms with E-state index in [-0.39, 0.29) is 18.1 Å². The van der Waals surface area contributed by atoms with Crippen LogP contribution in [0.4, 0.5) is 0 Å². The maximum Gasteiger partial charge on any atom is 0.344 e. The van der Waals surface area contributed by atoms with Crippen molar-refractivity contribution in [2.75, 3.05) is 6.61 Å². The third kappa shape index (κ3) is 5.31. The normalized spacial score (nSPS) is 11.0. The third-order valence-corrected chi connectivity index (χ3v) is 3.63. The molecular weight excluding hydrogens is 320 g/mol. The molecule has 132 valence electrons. The van der Waals surface area contributed by atoms with Crippen molar-refractivity contribution in [3.63, 3.8) is 0 Å². The lowest BCUT2D eigenvalue weighted by atomic mass is 10.0. The molecule has 0 radical (unpaired) electrons. The lowest BCUT2D eigenvalue weighted by molar-refractivity contribution is -0.605. The SMILES string of the molecule is CC(C)(C)N(Cc1ccccc1)C(=O)COC(=O)c1ccc[n+]([O-])c1. The summed E-state index contributed by atoms with van der Waals surface area (Å²) in [5.74, 6) is -0.997. The molecule has 25 heavy (non-hydrogen) atoms. The van der Waals surface area contributed by atoms with E-state index in [1.54, 1.807) is 4.90 Å². The fourth-order valence-electron chi connectivity index (χ4n) is 2.33. The van der Waals surface area contributed by atoms with Gasteiger partial charge in [0.15, 0.2) is 19.0 Å². The van der Waals surface area contributed by atoms with E-state index in [2.05, 4.69) is 0 Å². The maximum atomic E-state index is 12.6. The van der Waals surface area contributed by atoms with Crippen molar-refractivity contribution in [3.05, 3.63) is 71.2 Å². The number of rotatable bonds is 5. The van der Waals surface area contributed by atoms with Crippen LogP contribution < -0.4 is 4.73 Å². The van der Waals surface area contributed by atoms with Gasteiger partial charge in [-0.15, -0.1) is 0 Å². The van der Waals surface area contributed by atoms with Crippen LogP contribution in [0.1, 0.15) is 36.7 Å². The van der Waals surface area contributed by atoms with Gasteiger partial charge in [0.1, 0.15) is 5.56 Å². The molecule has 6 heteroatoms. The van der Waals surface area contributed by atoms with Gasteiger partial charge in [0.25, 0.3) is 5.91 Å². The van der Waals surface area contributed by atoms with Crippen molar-refractivity contribution in [1.29, 1.82) is 0 Å². The predicted octanol–water partition coefficient (Wildman–Crippen LogP) is 2.30. The van der Waals surface area contributed by atoms with Crippen LogP contribution in [0.3, 0.4) is 0 Å². The Kier molecular flexibility index (Phi) is 5.75. The molecular formula is C19H22N2O4. The molecule has 1 amide bonds. The Labute approximate surface area is 147 Å². The number of ether oxygens (including phenoxy) is 1.